The first-order chi connectivity index (χ1) is 13.8. The van der Waals surface area contributed by atoms with Crippen LogP contribution in [0.1, 0.15) is 12.5 Å². The molecule has 0 saturated carbocycles. The molecule has 1 amide bonds. The summed E-state index contributed by atoms with van der Waals surface area (Å²) in [5.41, 5.74) is -0.120. The minimum Gasteiger partial charge on any atom is -0.497 e. The van der Waals surface area contributed by atoms with E-state index in [2.05, 4.69) is 0 Å². The highest BCUT2D eigenvalue weighted by Gasteiger charge is 2.31. The van der Waals surface area contributed by atoms with Gasteiger partial charge in [-0.15, -0.1) is 11.8 Å². The van der Waals surface area contributed by atoms with Crippen LogP contribution in [0.4, 0.5) is 18.9 Å². The van der Waals surface area contributed by atoms with E-state index in [-0.39, 0.29) is 11.2 Å². The molecule has 1 aliphatic heterocycles. The lowest BCUT2D eigenvalue weighted by molar-refractivity contribution is -0.137. The van der Waals surface area contributed by atoms with Gasteiger partial charge in [-0.1, -0.05) is 6.07 Å². The summed E-state index contributed by atoms with van der Waals surface area (Å²) >= 11 is 1.48. The smallest absolute Gasteiger partial charge is 0.416 e. The highest BCUT2D eigenvalue weighted by atomic mass is 32.2. The number of nitrogens with zero attached hydrogens (tertiary/aromatic N) is 2. The van der Waals surface area contributed by atoms with Crippen molar-refractivity contribution in [2.75, 3.05) is 38.2 Å². The van der Waals surface area contributed by atoms with Gasteiger partial charge in [0.1, 0.15) is 5.75 Å². The van der Waals surface area contributed by atoms with E-state index in [0.717, 1.165) is 16.7 Å². The van der Waals surface area contributed by atoms with Crippen LogP contribution >= 0.6 is 11.8 Å². The predicted octanol–water partition coefficient (Wildman–Crippen LogP) is 4.54. The first kappa shape index (κ1) is 21.4. The number of methoxy groups -OCH3 is 1. The van der Waals surface area contributed by atoms with Gasteiger partial charge in [-0.2, -0.15) is 13.2 Å². The molecule has 1 heterocycles. The van der Waals surface area contributed by atoms with E-state index in [1.165, 1.54) is 23.9 Å². The third-order valence-corrected chi connectivity index (χ3v) is 5.95. The van der Waals surface area contributed by atoms with Gasteiger partial charge >= 0.3 is 6.18 Å². The molecule has 1 saturated heterocycles. The number of halogens is 3. The second-order valence-corrected chi connectivity index (χ2v) is 8.21. The van der Waals surface area contributed by atoms with Crippen LogP contribution in [0.25, 0.3) is 0 Å². The average molecular weight is 424 g/mol. The number of thioether (sulfide) groups is 1. The van der Waals surface area contributed by atoms with Crippen molar-refractivity contribution in [3.8, 4) is 5.75 Å². The van der Waals surface area contributed by atoms with Crippen molar-refractivity contribution in [2.45, 2.75) is 23.2 Å². The third-order valence-electron chi connectivity index (χ3n) is 4.85. The van der Waals surface area contributed by atoms with Gasteiger partial charge in [0.2, 0.25) is 5.91 Å². The first-order valence-electron chi connectivity index (χ1n) is 9.29. The van der Waals surface area contributed by atoms with Crippen molar-refractivity contribution in [1.29, 1.82) is 0 Å². The topological polar surface area (TPSA) is 32.8 Å². The van der Waals surface area contributed by atoms with Gasteiger partial charge in [0.25, 0.3) is 0 Å². The van der Waals surface area contributed by atoms with E-state index in [9.17, 15) is 18.0 Å². The van der Waals surface area contributed by atoms with Crippen LogP contribution in [-0.4, -0.2) is 49.3 Å². The van der Waals surface area contributed by atoms with Crippen LogP contribution in [0.15, 0.2) is 53.4 Å². The molecule has 0 radical (unpaired) electrons. The minimum atomic E-state index is -4.36. The second-order valence-electron chi connectivity index (χ2n) is 6.80. The summed E-state index contributed by atoms with van der Waals surface area (Å²) in [6, 6.07) is 12.9. The van der Waals surface area contributed by atoms with Crippen molar-refractivity contribution in [3.05, 3.63) is 54.1 Å². The molecule has 0 bridgehead atoms. The molecule has 0 N–H and O–H groups in total. The SMILES string of the molecule is COc1ccc(SC(C)C(=O)N2CCN(c3cccc(C(F)(F)F)c3)CC2)cc1. The summed E-state index contributed by atoms with van der Waals surface area (Å²) in [7, 11) is 1.60. The number of piperazine rings is 1. The number of benzene rings is 2. The highest BCUT2D eigenvalue weighted by Crippen LogP contribution is 2.32. The Labute approximate surface area is 172 Å². The molecule has 8 heteroatoms. The van der Waals surface area contributed by atoms with E-state index in [1.54, 1.807) is 18.1 Å². The number of hydrogen-bond acceptors (Lipinski definition) is 4. The molecule has 0 aromatic heterocycles. The molecule has 3 rings (SSSR count). The normalized spacial score (nSPS) is 15.9. The molecule has 1 unspecified atom stereocenters. The van der Waals surface area contributed by atoms with Gasteiger partial charge in [0, 0.05) is 36.8 Å². The molecule has 156 valence electrons. The van der Waals surface area contributed by atoms with Crippen LogP contribution in [0, 0.1) is 0 Å². The molecule has 0 aliphatic carbocycles. The number of alkyl halides is 3. The lowest BCUT2D eigenvalue weighted by Gasteiger charge is -2.37. The minimum absolute atomic E-state index is 0.0366. The largest absolute Gasteiger partial charge is 0.497 e. The molecule has 1 aliphatic rings. The summed E-state index contributed by atoms with van der Waals surface area (Å²) < 4.78 is 43.9. The Kier molecular flexibility index (Phi) is 6.62. The second kappa shape index (κ2) is 8.98. The van der Waals surface area contributed by atoms with E-state index in [0.29, 0.717) is 31.9 Å². The third kappa shape index (κ3) is 5.38. The summed E-state index contributed by atoms with van der Waals surface area (Å²) in [5.74, 6) is 0.800. The average Bonchev–Trinajstić information content (AvgIpc) is 2.73. The monoisotopic (exact) mass is 424 g/mol. The molecule has 4 nitrogen and oxygen atoms in total. The fourth-order valence-corrected chi connectivity index (χ4v) is 4.18. The molecule has 0 spiro atoms. The summed E-state index contributed by atoms with van der Waals surface area (Å²) in [6.07, 6.45) is -4.36. The Bertz CT molecular complexity index is 835. The lowest BCUT2D eigenvalue weighted by Crippen LogP contribution is -2.50. The molecule has 2 aromatic rings. The molecule has 1 atom stereocenters. The fraction of sp³-hybridized carbons (Fsp3) is 0.381. The number of hydrogen-bond donors (Lipinski definition) is 0. The standard InChI is InChI=1S/C21H23F3N2O2S/c1-15(29-19-8-6-18(28-2)7-9-19)20(27)26-12-10-25(11-13-26)17-5-3-4-16(14-17)21(22,23)24/h3-9,14-15H,10-13H2,1-2H3. The maximum atomic E-state index is 12.9. The summed E-state index contributed by atoms with van der Waals surface area (Å²) in [5, 5.41) is -0.247. The molecule has 29 heavy (non-hydrogen) atoms. The zero-order valence-electron chi connectivity index (χ0n) is 16.3. The molecular weight excluding hydrogens is 401 g/mol. The van der Waals surface area contributed by atoms with Crippen LogP contribution in [0.5, 0.6) is 5.75 Å². The van der Waals surface area contributed by atoms with Gasteiger partial charge in [0.15, 0.2) is 0 Å². The van der Waals surface area contributed by atoms with Gasteiger partial charge < -0.3 is 14.5 Å². The number of carbonyl (C=O) groups excluding carboxylic acids is 1. The van der Waals surface area contributed by atoms with E-state index in [4.69, 9.17) is 4.74 Å². The van der Waals surface area contributed by atoms with Gasteiger partial charge in [-0.3, -0.25) is 4.79 Å². The lowest BCUT2D eigenvalue weighted by atomic mass is 10.1. The van der Waals surface area contributed by atoms with Crippen LogP contribution in [0.3, 0.4) is 0 Å². The van der Waals surface area contributed by atoms with Crippen molar-refractivity contribution >= 4 is 23.4 Å². The zero-order chi connectivity index (χ0) is 21.0. The summed E-state index contributed by atoms with van der Waals surface area (Å²) in [6.45, 7) is 3.86. The maximum absolute atomic E-state index is 12.9. The quantitative estimate of drug-likeness (QED) is 0.660. The Morgan fingerprint density at radius 3 is 2.31 bits per heavy atom. The van der Waals surface area contributed by atoms with Crippen molar-refractivity contribution in [2.24, 2.45) is 0 Å². The maximum Gasteiger partial charge on any atom is 0.416 e. The number of ether oxygens (including phenoxy) is 1. The van der Waals surface area contributed by atoms with Crippen molar-refractivity contribution in [3.63, 3.8) is 0 Å². The Morgan fingerprint density at radius 1 is 1.07 bits per heavy atom. The predicted molar refractivity (Wildman–Crippen MR) is 109 cm³/mol. The highest BCUT2D eigenvalue weighted by molar-refractivity contribution is 8.00. The number of amides is 1. The first-order valence-corrected chi connectivity index (χ1v) is 10.2. The van der Waals surface area contributed by atoms with Gasteiger partial charge in [0.05, 0.1) is 17.9 Å². The van der Waals surface area contributed by atoms with Crippen LogP contribution < -0.4 is 9.64 Å². The molecular formula is C21H23F3N2O2S. The van der Waals surface area contributed by atoms with E-state index >= 15 is 0 Å². The Balaban J connectivity index is 1.56. The molecule has 1 fully saturated rings. The number of rotatable bonds is 5. The Morgan fingerprint density at radius 2 is 1.72 bits per heavy atom. The van der Waals surface area contributed by atoms with Crippen LogP contribution in [-0.2, 0) is 11.0 Å². The van der Waals surface area contributed by atoms with E-state index in [1.807, 2.05) is 36.1 Å². The van der Waals surface area contributed by atoms with Gasteiger partial charge in [-0.25, -0.2) is 0 Å². The van der Waals surface area contributed by atoms with E-state index < -0.39 is 11.7 Å². The fourth-order valence-electron chi connectivity index (χ4n) is 3.23. The van der Waals surface area contributed by atoms with Gasteiger partial charge in [-0.05, 0) is 49.4 Å². The van der Waals surface area contributed by atoms with Crippen molar-refractivity contribution in [1.82, 2.24) is 4.90 Å². The number of carbonyl (C=O) groups is 1. The van der Waals surface area contributed by atoms with Crippen LogP contribution in [0.2, 0.25) is 0 Å². The zero-order valence-corrected chi connectivity index (χ0v) is 17.1. The summed E-state index contributed by atoms with van der Waals surface area (Å²) in [4.78, 5) is 17.4. The van der Waals surface area contributed by atoms with Crippen molar-refractivity contribution < 1.29 is 22.7 Å². The Hall–Kier alpha value is -2.35. The number of anilines is 1. The molecule has 2 aromatic carbocycles.